The van der Waals surface area contributed by atoms with Crippen molar-refractivity contribution in [3.8, 4) is 0 Å². The predicted octanol–water partition coefficient (Wildman–Crippen LogP) is -0.0712. The van der Waals surface area contributed by atoms with Crippen LogP contribution in [0, 0.1) is 0 Å². The Morgan fingerprint density at radius 2 is 2.19 bits per heavy atom. The van der Waals surface area contributed by atoms with E-state index < -0.39 is 5.60 Å². The smallest absolute Gasteiger partial charge is 0.287 e. The lowest BCUT2D eigenvalue weighted by Crippen LogP contribution is -2.49. The van der Waals surface area contributed by atoms with E-state index in [9.17, 15) is 9.90 Å². The van der Waals surface area contributed by atoms with Crippen molar-refractivity contribution in [1.82, 2.24) is 14.7 Å². The summed E-state index contributed by atoms with van der Waals surface area (Å²) in [5.41, 5.74) is -0.877. The molecule has 1 aromatic heterocycles. The monoisotopic (exact) mass is 316 g/mol. The number of rotatable bonds is 5. The normalized spacial score (nSPS) is 19.2. The van der Waals surface area contributed by atoms with Gasteiger partial charge in [0.15, 0.2) is 0 Å². The molecule has 0 amide bonds. The Balaban J connectivity index is 1.94. The average Bonchev–Trinajstić information content (AvgIpc) is 2.45. The van der Waals surface area contributed by atoms with Gasteiger partial charge in [-0.05, 0) is 6.92 Å². The number of hydrogen-bond donors (Lipinski definition) is 2. The van der Waals surface area contributed by atoms with Crippen LogP contribution in [-0.2, 0) is 11.8 Å². The standard InChI is InChI=1S/C13H21ClN4O3/c1-13(20,9-18-3-5-21-6-4-18)8-15-10-7-16-17(2)12(19)11(10)14/h7,15,20H,3-6,8-9H2,1-2H3. The Labute approximate surface area is 128 Å². The molecule has 1 unspecified atom stereocenters. The van der Waals surface area contributed by atoms with Gasteiger partial charge in [-0.15, -0.1) is 0 Å². The fourth-order valence-electron chi connectivity index (χ4n) is 2.22. The number of nitrogens with one attached hydrogen (secondary N) is 1. The fourth-order valence-corrected chi connectivity index (χ4v) is 2.45. The predicted molar refractivity (Wildman–Crippen MR) is 80.9 cm³/mol. The van der Waals surface area contributed by atoms with Crippen LogP contribution in [0.5, 0.6) is 0 Å². The van der Waals surface area contributed by atoms with Gasteiger partial charge in [-0.25, -0.2) is 4.68 Å². The van der Waals surface area contributed by atoms with E-state index in [1.807, 2.05) is 0 Å². The van der Waals surface area contributed by atoms with Gasteiger partial charge in [0.2, 0.25) is 0 Å². The lowest BCUT2D eigenvalue weighted by molar-refractivity contribution is -0.0163. The zero-order valence-electron chi connectivity index (χ0n) is 12.3. The van der Waals surface area contributed by atoms with Crippen molar-refractivity contribution >= 4 is 17.3 Å². The van der Waals surface area contributed by atoms with Crippen molar-refractivity contribution in [3.63, 3.8) is 0 Å². The van der Waals surface area contributed by atoms with Crippen molar-refractivity contribution in [2.24, 2.45) is 7.05 Å². The summed E-state index contributed by atoms with van der Waals surface area (Å²) in [5, 5.41) is 17.4. The number of ether oxygens (including phenoxy) is 1. The first-order chi connectivity index (χ1) is 9.89. The van der Waals surface area contributed by atoms with E-state index in [4.69, 9.17) is 16.3 Å². The number of aromatic nitrogens is 2. The third-order valence-corrected chi connectivity index (χ3v) is 3.77. The van der Waals surface area contributed by atoms with Crippen molar-refractivity contribution < 1.29 is 9.84 Å². The maximum absolute atomic E-state index is 11.7. The fraction of sp³-hybridized carbons (Fsp3) is 0.692. The molecule has 7 nitrogen and oxygen atoms in total. The van der Waals surface area contributed by atoms with Crippen molar-refractivity contribution in [3.05, 3.63) is 21.6 Å². The first-order valence-corrected chi connectivity index (χ1v) is 7.25. The Bertz CT molecular complexity index is 541. The van der Waals surface area contributed by atoms with Crippen LogP contribution in [0.3, 0.4) is 0 Å². The van der Waals surface area contributed by atoms with Gasteiger partial charge < -0.3 is 15.2 Å². The van der Waals surface area contributed by atoms with E-state index >= 15 is 0 Å². The van der Waals surface area contributed by atoms with Gasteiger partial charge in [0, 0.05) is 33.2 Å². The van der Waals surface area contributed by atoms with Crippen LogP contribution in [0.25, 0.3) is 0 Å². The van der Waals surface area contributed by atoms with Crippen LogP contribution in [0.2, 0.25) is 5.02 Å². The minimum atomic E-state index is -0.943. The Morgan fingerprint density at radius 1 is 1.52 bits per heavy atom. The second kappa shape index (κ2) is 6.74. The molecule has 0 bridgehead atoms. The molecule has 2 heterocycles. The number of halogens is 1. The van der Waals surface area contributed by atoms with Crippen LogP contribution in [0.1, 0.15) is 6.92 Å². The minimum absolute atomic E-state index is 0.0784. The molecule has 21 heavy (non-hydrogen) atoms. The van der Waals surface area contributed by atoms with E-state index in [1.54, 1.807) is 6.92 Å². The highest BCUT2D eigenvalue weighted by molar-refractivity contribution is 6.32. The Hall–Kier alpha value is -1.15. The highest BCUT2D eigenvalue weighted by atomic mass is 35.5. The van der Waals surface area contributed by atoms with Crippen molar-refractivity contribution in [1.29, 1.82) is 0 Å². The molecule has 0 radical (unpaired) electrons. The molecule has 8 heteroatoms. The number of morpholine rings is 1. The van der Waals surface area contributed by atoms with E-state index in [0.717, 1.165) is 13.1 Å². The third-order valence-electron chi connectivity index (χ3n) is 3.41. The summed E-state index contributed by atoms with van der Waals surface area (Å²) in [7, 11) is 1.53. The number of aliphatic hydroxyl groups is 1. The summed E-state index contributed by atoms with van der Waals surface area (Å²) in [6.45, 7) is 5.55. The molecule has 118 valence electrons. The molecular formula is C13H21ClN4O3. The zero-order valence-corrected chi connectivity index (χ0v) is 13.1. The van der Waals surface area contributed by atoms with Gasteiger partial charge in [0.25, 0.3) is 5.56 Å². The lowest BCUT2D eigenvalue weighted by Gasteiger charge is -2.34. The number of β-amino-alcohol motifs (C(OH)–C–C–N with tert-alkyl or cyclic N) is 1. The van der Waals surface area contributed by atoms with Gasteiger partial charge >= 0.3 is 0 Å². The second-order valence-electron chi connectivity index (χ2n) is 5.54. The Kier molecular flexibility index (Phi) is 5.21. The molecule has 1 aromatic rings. The highest BCUT2D eigenvalue weighted by Crippen LogP contribution is 2.17. The molecule has 0 aliphatic carbocycles. The number of anilines is 1. The molecule has 2 N–H and O–H groups in total. The van der Waals surface area contributed by atoms with E-state index in [-0.39, 0.29) is 17.1 Å². The minimum Gasteiger partial charge on any atom is -0.387 e. The second-order valence-corrected chi connectivity index (χ2v) is 5.92. The van der Waals surface area contributed by atoms with Gasteiger partial charge in [-0.2, -0.15) is 5.10 Å². The molecule has 0 spiro atoms. The van der Waals surface area contributed by atoms with Crippen LogP contribution in [0.4, 0.5) is 5.69 Å². The summed E-state index contributed by atoms with van der Waals surface area (Å²) in [4.78, 5) is 13.8. The highest BCUT2D eigenvalue weighted by Gasteiger charge is 2.25. The van der Waals surface area contributed by atoms with E-state index in [0.29, 0.717) is 25.4 Å². The summed E-state index contributed by atoms with van der Waals surface area (Å²) in [6.07, 6.45) is 1.48. The molecule has 1 fully saturated rings. The summed E-state index contributed by atoms with van der Waals surface area (Å²) < 4.78 is 6.45. The molecule has 0 saturated carbocycles. The van der Waals surface area contributed by atoms with Crippen LogP contribution in [0.15, 0.2) is 11.0 Å². The first kappa shape index (κ1) is 16.2. The largest absolute Gasteiger partial charge is 0.387 e. The third kappa shape index (κ3) is 4.41. The summed E-state index contributed by atoms with van der Waals surface area (Å²) >= 11 is 5.97. The molecule has 2 rings (SSSR count). The molecule has 1 aliphatic heterocycles. The number of aryl methyl sites for hydroxylation is 1. The van der Waals surface area contributed by atoms with E-state index in [2.05, 4.69) is 15.3 Å². The lowest BCUT2D eigenvalue weighted by atomic mass is 10.1. The maximum atomic E-state index is 11.7. The topological polar surface area (TPSA) is 79.6 Å². The zero-order chi connectivity index (χ0) is 15.5. The van der Waals surface area contributed by atoms with Gasteiger partial charge in [-0.3, -0.25) is 9.69 Å². The van der Waals surface area contributed by atoms with Crippen LogP contribution < -0.4 is 10.9 Å². The van der Waals surface area contributed by atoms with Crippen LogP contribution >= 0.6 is 11.6 Å². The Morgan fingerprint density at radius 3 is 2.86 bits per heavy atom. The maximum Gasteiger partial charge on any atom is 0.287 e. The SMILES string of the molecule is Cn1ncc(NCC(C)(O)CN2CCOCC2)c(Cl)c1=O. The number of nitrogens with zero attached hydrogens (tertiary/aromatic N) is 3. The number of hydrogen-bond acceptors (Lipinski definition) is 6. The molecular weight excluding hydrogens is 296 g/mol. The summed E-state index contributed by atoms with van der Waals surface area (Å²) in [5.74, 6) is 0. The molecule has 1 atom stereocenters. The molecule has 1 aliphatic rings. The average molecular weight is 317 g/mol. The van der Waals surface area contributed by atoms with E-state index in [1.165, 1.54) is 17.9 Å². The van der Waals surface area contributed by atoms with Crippen molar-refractivity contribution in [2.75, 3.05) is 44.7 Å². The summed E-state index contributed by atoms with van der Waals surface area (Å²) in [6, 6.07) is 0. The molecule has 0 aromatic carbocycles. The van der Waals surface area contributed by atoms with Crippen molar-refractivity contribution in [2.45, 2.75) is 12.5 Å². The van der Waals surface area contributed by atoms with Gasteiger partial charge in [0.1, 0.15) is 5.02 Å². The van der Waals surface area contributed by atoms with Gasteiger partial charge in [0.05, 0.1) is 30.7 Å². The van der Waals surface area contributed by atoms with Crippen LogP contribution in [-0.4, -0.2) is 64.8 Å². The molecule has 1 saturated heterocycles. The van der Waals surface area contributed by atoms with Gasteiger partial charge in [-0.1, -0.05) is 11.6 Å². The quantitative estimate of drug-likeness (QED) is 0.791. The first-order valence-electron chi connectivity index (χ1n) is 6.87.